The molecular formula is C8H13NO4. The maximum absolute atomic E-state index is 10.6. The number of amides is 1. The topological polar surface area (TPSA) is 77.8 Å². The van der Waals surface area contributed by atoms with Gasteiger partial charge in [0.1, 0.15) is 0 Å². The van der Waals surface area contributed by atoms with E-state index in [0.29, 0.717) is 17.9 Å². The van der Waals surface area contributed by atoms with E-state index in [4.69, 9.17) is 10.3 Å². The third kappa shape index (κ3) is 4.97. The average molecular weight is 187 g/mol. The summed E-state index contributed by atoms with van der Waals surface area (Å²) < 4.78 is 0. The van der Waals surface area contributed by atoms with Gasteiger partial charge in [-0.1, -0.05) is 6.08 Å². The van der Waals surface area contributed by atoms with Crippen molar-refractivity contribution < 1.29 is 19.9 Å². The monoisotopic (exact) mass is 187 g/mol. The first-order valence-corrected chi connectivity index (χ1v) is 3.86. The smallest absolute Gasteiger partial charge is 0.308 e. The molecule has 0 aromatic rings. The van der Waals surface area contributed by atoms with E-state index in [1.165, 1.54) is 0 Å². The van der Waals surface area contributed by atoms with Crippen molar-refractivity contribution in [1.82, 2.24) is 5.06 Å². The van der Waals surface area contributed by atoms with Crippen molar-refractivity contribution in [2.45, 2.75) is 12.8 Å². The number of carbonyl (C=O) groups excluding carboxylic acids is 1. The van der Waals surface area contributed by atoms with Crippen molar-refractivity contribution in [1.29, 1.82) is 0 Å². The zero-order valence-corrected chi connectivity index (χ0v) is 7.22. The van der Waals surface area contributed by atoms with Crippen LogP contribution in [-0.4, -0.2) is 34.3 Å². The Bertz CT molecular complexity index is 193. The van der Waals surface area contributed by atoms with Gasteiger partial charge in [-0.25, -0.2) is 5.06 Å². The maximum atomic E-state index is 10.6. The van der Waals surface area contributed by atoms with Crippen LogP contribution in [0, 0.1) is 5.92 Å². The van der Waals surface area contributed by atoms with Crippen molar-refractivity contribution in [2.75, 3.05) is 6.54 Å². The zero-order chi connectivity index (χ0) is 10.3. The minimum atomic E-state index is -1.03. The van der Waals surface area contributed by atoms with Crippen LogP contribution in [0.1, 0.15) is 12.8 Å². The van der Waals surface area contributed by atoms with Crippen LogP contribution < -0.4 is 0 Å². The molecule has 2 N–H and O–H groups in total. The number of rotatable bonds is 7. The van der Waals surface area contributed by atoms with E-state index >= 15 is 0 Å². The summed E-state index contributed by atoms with van der Waals surface area (Å²) in [4.78, 5) is 20.6. The summed E-state index contributed by atoms with van der Waals surface area (Å²) >= 11 is 0. The molecule has 74 valence electrons. The number of carboxylic acids is 1. The van der Waals surface area contributed by atoms with Crippen LogP contribution in [0.5, 0.6) is 0 Å². The standard InChI is InChI=1S/C8H13NO4/c1-2-3-4-7(8(11)12)5-9(13)6-10/h2,6-7,13H,1,3-5H2,(H,11,12)/t7-/m1/s1. The Kier molecular flexibility index (Phi) is 5.54. The molecule has 0 heterocycles. The lowest BCUT2D eigenvalue weighted by molar-refractivity contribution is -0.159. The first kappa shape index (κ1) is 11.6. The largest absolute Gasteiger partial charge is 0.481 e. The summed E-state index contributed by atoms with van der Waals surface area (Å²) in [6, 6.07) is 0. The van der Waals surface area contributed by atoms with Gasteiger partial charge in [-0.3, -0.25) is 14.8 Å². The van der Waals surface area contributed by atoms with Crippen LogP contribution in [0.3, 0.4) is 0 Å². The highest BCUT2D eigenvalue weighted by molar-refractivity contribution is 5.70. The van der Waals surface area contributed by atoms with E-state index in [9.17, 15) is 9.59 Å². The van der Waals surface area contributed by atoms with E-state index in [2.05, 4.69) is 6.58 Å². The Labute approximate surface area is 76.2 Å². The number of hydrogen-bond donors (Lipinski definition) is 2. The molecule has 0 aromatic carbocycles. The Balaban J connectivity index is 4.00. The molecule has 0 spiro atoms. The van der Waals surface area contributed by atoms with Crippen LogP contribution in [0.25, 0.3) is 0 Å². The Morgan fingerprint density at radius 1 is 1.62 bits per heavy atom. The predicted molar refractivity (Wildman–Crippen MR) is 45.1 cm³/mol. The molecule has 5 heteroatoms. The first-order valence-electron chi connectivity index (χ1n) is 3.86. The third-order valence-corrected chi connectivity index (χ3v) is 1.60. The van der Waals surface area contributed by atoms with Crippen molar-refractivity contribution in [3.63, 3.8) is 0 Å². The molecule has 0 rings (SSSR count). The summed E-state index contributed by atoms with van der Waals surface area (Å²) in [5.74, 6) is -1.77. The van der Waals surface area contributed by atoms with Crippen LogP contribution in [0.4, 0.5) is 0 Å². The fraction of sp³-hybridized carbons (Fsp3) is 0.500. The summed E-state index contributed by atoms with van der Waals surface area (Å²) in [5, 5.41) is 17.7. The molecule has 0 unspecified atom stereocenters. The van der Waals surface area contributed by atoms with Gasteiger partial charge in [-0.15, -0.1) is 6.58 Å². The molecule has 0 bridgehead atoms. The second kappa shape index (κ2) is 6.19. The number of allylic oxidation sites excluding steroid dienone is 1. The predicted octanol–water partition coefficient (Wildman–Crippen LogP) is 0.501. The fourth-order valence-corrected chi connectivity index (χ4v) is 0.881. The average Bonchev–Trinajstić information content (AvgIpc) is 2.11. The lowest BCUT2D eigenvalue weighted by Crippen LogP contribution is -2.29. The summed E-state index contributed by atoms with van der Waals surface area (Å²) in [7, 11) is 0. The number of hydrogen-bond acceptors (Lipinski definition) is 3. The third-order valence-electron chi connectivity index (χ3n) is 1.60. The molecule has 0 saturated heterocycles. The lowest BCUT2D eigenvalue weighted by Gasteiger charge is -2.14. The SMILES string of the molecule is C=CCC[C@H](CN(O)C=O)C(=O)O. The molecule has 0 radical (unpaired) electrons. The molecule has 0 saturated carbocycles. The van der Waals surface area contributed by atoms with Gasteiger partial charge >= 0.3 is 5.97 Å². The van der Waals surface area contributed by atoms with Crippen LogP contribution >= 0.6 is 0 Å². The van der Waals surface area contributed by atoms with E-state index in [-0.39, 0.29) is 13.0 Å². The normalized spacial score (nSPS) is 11.8. The van der Waals surface area contributed by atoms with Gasteiger partial charge in [-0.2, -0.15) is 0 Å². The van der Waals surface area contributed by atoms with E-state index < -0.39 is 11.9 Å². The van der Waals surface area contributed by atoms with Crippen molar-refractivity contribution in [2.24, 2.45) is 5.92 Å². The molecule has 1 atom stereocenters. The van der Waals surface area contributed by atoms with Gasteiger partial charge < -0.3 is 5.11 Å². The molecule has 13 heavy (non-hydrogen) atoms. The summed E-state index contributed by atoms with van der Waals surface area (Å²) in [5.41, 5.74) is 0. The Morgan fingerprint density at radius 2 is 2.23 bits per heavy atom. The van der Waals surface area contributed by atoms with E-state index in [0.717, 1.165) is 0 Å². The molecule has 0 aromatic heterocycles. The van der Waals surface area contributed by atoms with Gasteiger partial charge in [0.15, 0.2) is 0 Å². The minimum absolute atomic E-state index is 0.184. The second-order valence-electron chi connectivity index (χ2n) is 2.63. The van der Waals surface area contributed by atoms with Gasteiger partial charge in [-0.05, 0) is 12.8 Å². The molecule has 0 aliphatic carbocycles. The Hall–Kier alpha value is -1.36. The molecule has 0 fully saturated rings. The summed E-state index contributed by atoms with van der Waals surface area (Å²) in [6.07, 6.45) is 2.69. The van der Waals surface area contributed by atoms with E-state index in [1.807, 2.05) is 0 Å². The highest BCUT2D eigenvalue weighted by atomic mass is 16.5. The number of aliphatic carboxylic acids is 1. The van der Waals surface area contributed by atoms with Crippen LogP contribution in [-0.2, 0) is 9.59 Å². The minimum Gasteiger partial charge on any atom is -0.481 e. The second-order valence-corrected chi connectivity index (χ2v) is 2.63. The van der Waals surface area contributed by atoms with Crippen LogP contribution in [0.15, 0.2) is 12.7 Å². The van der Waals surface area contributed by atoms with Gasteiger partial charge in [0.2, 0.25) is 6.41 Å². The first-order chi connectivity index (χ1) is 6.11. The summed E-state index contributed by atoms with van der Waals surface area (Å²) in [6.45, 7) is 3.26. The Morgan fingerprint density at radius 3 is 2.62 bits per heavy atom. The highest BCUT2D eigenvalue weighted by Crippen LogP contribution is 2.08. The van der Waals surface area contributed by atoms with Crippen LogP contribution in [0.2, 0.25) is 0 Å². The number of carboxylic acid groups (broad SMARTS) is 1. The van der Waals surface area contributed by atoms with E-state index in [1.54, 1.807) is 6.08 Å². The fourth-order valence-electron chi connectivity index (χ4n) is 0.881. The van der Waals surface area contributed by atoms with Crippen molar-refractivity contribution in [3.05, 3.63) is 12.7 Å². The quantitative estimate of drug-likeness (QED) is 0.263. The lowest BCUT2D eigenvalue weighted by atomic mass is 10.0. The zero-order valence-electron chi connectivity index (χ0n) is 7.22. The number of nitrogens with zero attached hydrogens (tertiary/aromatic N) is 1. The van der Waals surface area contributed by atoms with Crippen molar-refractivity contribution >= 4 is 12.4 Å². The molecule has 0 aliphatic heterocycles. The number of carbonyl (C=O) groups is 2. The van der Waals surface area contributed by atoms with Gasteiger partial charge in [0.25, 0.3) is 0 Å². The molecule has 5 nitrogen and oxygen atoms in total. The van der Waals surface area contributed by atoms with Gasteiger partial charge in [0, 0.05) is 0 Å². The molecular weight excluding hydrogens is 174 g/mol. The maximum Gasteiger partial charge on any atom is 0.308 e. The van der Waals surface area contributed by atoms with Crippen molar-refractivity contribution in [3.8, 4) is 0 Å². The van der Waals surface area contributed by atoms with Gasteiger partial charge in [0.05, 0.1) is 12.5 Å². The molecule has 1 amide bonds. The molecule has 0 aliphatic rings. The highest BCUT2D eigenvalue weighted by Gasteiger charge is 2.18. The number of hydroxylamine groups is 2.